The van der Waals surface area contributed by atoms with E-state index in [0.29, 0.717) is 6.02 Å². The molecule has 2 aromatic rings. The minimum Gasteiger partial charge on any atom is -0.418 e. The first-order chi connectivity index (χ1) is 10.6. The van der Waals surface area contributed by atoms with E-state index in [1.165, 1.54) is 4.85 Å². The van der Waals surface area contributed by atoms with Crippen molar-refractivity contribution in [2.45, 2.75) is 6.92 Å². The Kier molecular flexibility index (Phi) is 6.34. The SMILES string of the molecule is CC[N+](C)=C(On1nnc2ccccc21)N(C)C.F[B-](F)(F)F. The van der Waals surface area contributed by atoms with Gasteiger partial charge in [-0.25, -0.2) is 9.48 Å². The van der Waals surface area contributed by atoms with E-state index < -0.39 is 7.25 Å². The van der Waals surface area contributed by atoms with Crippen molar-refractivity contribution in [3.8, 4) is 0 Å². The molecule has 0 atom stereocenters. The Balaban J connectivity index is 0.000000463. The number of fused-ring (bicyclic) bond motifs is 1. The van der Waals surface area contributed by atoms with Crippen LogP contribution < -0.4 is 4.84 Å². The van der Waals surface area contributed by atoms with Crippen LogP contribution in [0.3, 0.4) is 0 Å². The van der Waals surface area contributed by atoms with Gasteiger partial charge in [0.05, 0.1) is 27.7 Å². The second kappa shape index (κ2) is 7.79. The van der Waals surface area contributed by atoms with Gasteiger partial charge in [-0.15, -0.1) is 5.10 Å². The van der Waals surface area contributed by atoms with Crippen LogP contribution in [-0.2, 0) is 0 Å². The maximum Gasteiger partial charge on any atom is 0.673 e. The van der Waals surface area contributed by atoms with Gasteiger partial charge < -0.3 is 17.3 Å². The average Bonchev–Trinajstić information content (AvgIpc) is 2.85. The van der Waals surface area contributed by atoms with Gasteiger partial charge in [0.15, 0.2) is 0 Å². The molecule has 0 unspecified atom stereocenters. The number of benzene rings is 1. The molecule has 0 radical (unpaired) electrons. The van der Waals surface area contributed by atoms with Gasteiger partial charge in [-0.3, -0.25) is 4.84 Å². The quantitative estimate of drug-likeness (QED) is 0.276. The lowest BCUT2D eigenvalue weighted by atomic mass is 10.3. The molecule has 2 rings (SSSR count). The average molecular weight is 335 g/mol. The molecule has 0 aliphatic rings. The van der Waals surface area contributed by atoms with Gasteiger partial charge in [0.2, 0.25) is 0 Å². The van der Waals surface area contributed by atoms with E-state index in [-0.39, 0.29) is 0 Å². The van der Waals surface area contributed by atoms with Gasteiger partial charge in [-0.1, -0.05) is 17.0 Å². The van der Waals surface area contributed by atoms with Crippen molar-refractivity contribution in [3.63, 3.8) is 0 Å². The lowest BCUT2D eigenvalue weighted by molar-refractivity contribution is -0.508. The molecule has 0 fully saturated rings. The van der Waals surface area contributed by atoms with Gasteiger partial charge in [0, 0.05) is 0 Å². The Labute approximate surface area is 131 Å². The molecule has 1 heterocycles. The van der Waals surface area contributed by atoms with Crippen LogP contribution in [0.4, 0.5) is 17.3 Å². The summed E-state index contributed by atoms with van der Waals surface area (Å²) in [6.45, 7) is 2.91. The molecule has 1 aromatic heterocycles. The fourth-order valence-electron chi connectivity index (χ4n) is 1.62. The summed E-state index contributed by atoms with van der Waals surface area (Å²) in [7, 11) is -0.171. The molecular weight excluding hydrogens is 317 g/mol. The van der Waals surface area contributed by atoms with Crippen molar-refractivity contribution in [3.05, 3.63) is 24.3 Å². The van der Waals surface area contributed by atoms with Crippen molar-refractivity contribution < 1.29 is 26.7 Å². The predicted octanol–water partition coefficient (Wildman–Crippen LogP) is 1.74. The number of amidine groups is 1. The molecule has 0 N–H and O–H groups in total. The zero-order chi connectivity index (χ0) is 17.6. The van der Waals surface area contributed by atoms with Crippen molar-refractivity contribution in [1.29, 1.82) is 0 Å². The van der Waals surface area contributed by atoms with E-state index in [4.69, 9.17) is 4.84 Å². The Morgan fingerprint density at radius 2 is 1.83 bits per heavy atom. The smallest absolute Gasteiger partial charge is 0.418 e. The maximum atomic E-state index is 9.75. The van der Waals surface area contributed by atoms with Crippen molar-refractivity contribution >= 4 is 24.3 Å². The summed E-state index contributed by atoms with van der Waals surface area (Å²) in [6.07, 6.45) is 0. The topological polar surface area (TPSA) is 46.2 Å². The van der Waals surface area contributed by atoms with E-state index in [1.54, 1.807) is 0 Å². The second-order valence-electron chi connectivity index (χ2n) is 4.73. The summed E-state index contributed by atoms with van der Waals surface area (Å²) < 4.78 is 41.0. The van der Waals surface area contributed by atoms with Crippen LogP contribution in [0.25, 0.3) is 11.0 Å². The second-order valence-corrected chi connectivity index (χ2v) is 4.73. The molecule has 23 heavy (non-hydrogen) atoms. The van der Waals surface area contributed by atoms with E-state index >= 15 is 0 Å². The normalized spacial score (nSPS) is 12.3. The van der Waals surface area contributed by atoms with Crippen LogP contribution >= 0.6 is 0 Å². The molecular formula is C12H18BF4N5O. The Morgan fingerprint density at radius 1 is 1.26 bits per heavy atom. The van der Waals surface area contributed by atoms with Crippen LogP contribution in [0.5, 0.6) is 0 Å². The van der Waals surface area contributed by atoms with Gasteiger partial charge in [-0.2, -0.15) is 0 Å². The lowest BCUT2D eigenvalue weighted by Crippen LogP contribution is -2.40. The number of halogens is 4. The summed E-state index contributed by atoms with van der Waals surface area (Å²) in [4.78, 5) is 9.14. The van der Waals surface area contributed by atoms with Crippen molar-refractivity contribution in [2.75, 3.05) is 27.7 Å². The number of para-hydroxylation sites is 1. The first-order valence-electron chi connectivity index (χ1n) is 6.75. The van der Waals surface area contributed by atoms with E-state index in [1.807, 2.05) is 54.9 Å². The summed E-state index contributed by atoms with van der Waals surface area (Å²) in [5, 5.41) is 8.06. The largest absolute Gasteiger partial charge is 0.673 e. The minimum absolute atomic E-state index is 0.716. The molecule has 11 heteroatoms. The monoisotopic (exact) mass is 335 g/mol. The zero-order valence-electron chi connectivity index (χ0n) is 13.3. The summed E-state index contributed by atoms with van der Waals surface area (Å²) in [5.41, 5.74) is 1.66. The van der Waals surface area contributed by atoms with E-state index in [9.17, 15) is 17.3 Å². The maximum absolute atomic E-state index is 9.75. The van der Waals surface area contributed by atoms with Crippen LogP contribution in [0.15, 0.2) is 24.3 Å². The number of nitrogens with zero attached hydrogens (tertiary/aromatic N) is 5. The summed E-state index contributed by atoms with van der Waals surface area (Å²) in [6, 6.07) is 8.41. The number of aromatic nitrogens is 3. The van der Waals surface area contributed by atoms with Gasteiger partial charge >= 0.3 is 13.3 Å². The zero-order valence-corrected chi connectivity index (χ0v) is 13.3. The van der Waals surface area contributed by atoms with Gasteiger partial charge in [0.25, 0.3) is 0 Å². The standard InChI is InChI=1S/C12H18N5O.BF4/c1-5-16(4)12(15(2)3)18-17-11-9-7-6-8-10(11)13-14-17;2-1(3,4)5/h6-9H,5H2,1-4H3;/q+1;-1. The summed E-state index contributed by atoms with van der Waals surface area (Å²) >= 11 is 0. The molecule has 0 spiro atoms. The molecule has 0 aliphatic heterocycles. The highest BCUT2D eigenvalue weighted by atomic mass is 19.5. The first-order valence-corrected chi connectivity index (χ1v) is 6.75. The third-order valence-electron chi connectivity index (χ3n) is 2.67. The molecule has 128 valence electrons. The third kappa shape index (κ3) is 6.13. The fraction of sp³-hybridized carbons (Fsp3) is 0.417. The Hall–Kier alpha value is -2.33. The molecule has 0 aliphatic carbocycles. The third-order valence-corrected chi connectivity index (χ3v) is 2.67. The van der Waals surface area contributed by atoms with Crippen LogP contribution in [0, 0.1) is 0 Å². The van der Waals surface area contributed by atoms with Gasteiger partial charge in [0.1, 0.15) is 11.0 Å². The Morgan fingerprint density at radius 3 is 2.35 bits per heavy atom. The number of rotatable bonds is 2. The molecule has 0 amide bonds. The Bertz CT molecular complexity index is 665. The fourth-order valence-corrected chi connectivity index (χ4v) is 1.62. The van der Waals surface area contributed by atoms with Crippen molar-refractivity contribution in [1.82, 2.24) is 20.1 Å². The molecule has 6 nitrogen and oxygen atoms in total. The van der Waals surface area contributed by atoms with E-state index in [0.717, 1.165) is 17.6 Å². The minimum atomic E-state index is -6.00. The molecule has 0 saturated heterocycles. The van der Waals surface area contributed by atoms with Crippen LogP contribution in [0.2, 0.25) is 0 Å². The molecule has 0 saturated carbocycles. The highest BCUT2D eigenvalue weighted by Gasteiger charge is 2.20. The molecule has 0 bridgehead atoms. The van der Waals surface area contributed by atoms with Crippen LogP contribution in [0.1, 0.15) is 6.92 Å². The van der Waals surface area contributed by atoms with Gasteiger partial charge in [-0.05, 0) is 24.3 Å². The lowest BCUT2D eigenvalue weighted by Gasteiger charge is -2.11. The highest BCUT2D eigenvalue weighted by molar-refractivity contribution is 6.50. The predicted molar refractivity (Wildman–Crippen MR) is 79.7 cm³/mol. The van der Waals surface area contributed by atoms with Crippen LogP contribution in [-0.4, -0.2) is 65.6 Å². The first kappa shape index (κ1) is 18.7. The van der Waals surface area contributed by atoms with Crippen molar-refractivity contribution in [2.24, 2.45) is 0 Å². The highest BCUT2D eigenvalue weighted by Crippen LogP contribution is 2.08. The number of hydrogen-bond acceptors (Lipinski definition) is 3. The van der Waals surface area contributed by atoms with E-state index in [2.05, 4.69) is 17.2 Å². The number of hydrogen-bond donors (Lipinski definition) is 0. The summed E-state index contributed by atoms with van der Waals surface area (Å²) in [5.74, 6) is 0. The molecule has 1 aromatic carbocycles.